The maximum atomic E-state index is 14.1. The van der Waals surface area contributed by atoms with Gasteiger partial charge in [-0.2, -0.15) is 0 Å². The molecule has 40 heavy (non-hydrogen) atoms. The van der Waals surface area contributed by atoms with E-state index in [1.54, 1.807) is 18.2 Å². The Hall–Kier alpha value is -3.67. The predicted molar refractivity (Wildman–Crippen MR) is 146 cm³/mol. The highest BCUT2D eigenvalue weighted by molar-refractivity contribution is 6.42. The number of likely N-dealkylation sites (N-methyl/N-ethyl adjacent to an activating group) is 1. The van der Waals surface area contributed by atoms with Crippen molar-refractivity contribution in [3.63, 3.8) is 0 Å². The molecule has 0 unspecified atom stereocenters. The second-order valence-electron chi connectivity index (χ2n) is 10.2. The Kier molecular flexibility index (Phi) is 6.60. The van der Waals surface area contributed by atoms with Crippen LogP contribution in [0.2, 0.25) is 10.0 Å². The number of carbonyl (C=O) groups is 3. The molecule has 3 aliphatic rings. The van der Waals surface area contributed by atoms with Crippen LogP contribution >= 0.6 is 23.2 Å². The van der Waals surface area contributed by atoms with Crippen LogP contribution in [0.15, 0.2) is 53.3 Å². The number of nitrogens with zero attached hydrogens (tertiary/aromatic N) is 1. The van der Waals surface area contributed by atoms with Gasteiger partial charge < -0.3 is 31.3 Å². The van der Waals surface area contributed by atoms with Gasteiger partial charge in [0.1, 0.15) is 22.8 Å². The molecule has 7 N–H and O–H groups in total. The summed E-state index contributed by atoms with van der Waals surface area (Å²) in [5.74, 6) is -9.13. The summed E-state index contributed by atoms with van der Waals surface area (Å²) < 4.78 is 0. The molecule has 5 atom stereocenters. The Bertz CT molecular complexity index is 1610. The molecule has 10 nitrogen and oxygen atoms in total. The Morgan fingerprint density at radius 1 is 1.07 bits per heavy atom. The van der Waals surface area contributed by atoms with Crippen LogP contribution in [0, 0.1) is 11.8 Å². The number of primary amides is 1. The van der Waals surface area contributed by atoms with Crippen LogP contribution < -0.4 is 5.73 Å². The number of rotatable bonds is 3. The quantitative estimate of drug-likeness (QED) is 0.294. The molecular weight excluding hydrogens is 563 g/mol. The normalized spacial score (nSPS) is 29.0. The maximum absolute atomic E-state index is 14.1. The van der Waals surface area contributed by atoms with Crippen molar-refractivity contribution in [2.75, 3.05) is 14.1 Å². The smallest absolute Gasteiger partial charge is 0.255 e. The lowest BCUT2D eigenvalue weighted by Crippen LogP contribution is -2.70. The molecule has 5 rings (SSSR count). The van der Waals surface area contributed by atoms with E-state index in [0.717, 1.165) is 0 Å². The minimum atomic E-state index is -3.01. The standard InChI is InChI=1S/C28H24Cl2N2O8/c1-32(2)21-20-23(35)17-12(8-10-6-7-13(29)14(30)9-10)11-4-3-5-15(33)16(11)22(34)18(17)25(37)28(20,40)26(38)19(24(21)36)27(31)39/h3-9,17,20-21,23,33-35,38,40H,1-2H3,(H2,31,39)/b12-8+/t17-,20-,21+,23+,28+/m1/s1. The Labute approximate surface area is 237 Å². The van der Waals surface area contributed by atoms with E-state index >= 15 is 0 Å². The van der Waals surface area contributed by atoms with Crippen molar-refractivity contribution in [2.24, 2.45) is 17.6 Å². The Balaban J connectivity index is 1.86. The number of aliphatic hydroxyl groups excluding tert-OH is 3. The molecule has 0 radical (unpaired) electrons. The number of benzene rings is 2. The molecule has 0 bridgehead atoms. The summed E-state index contributed by atoms with van der Waals surface area (Å²) in [6, 6.07) is 7.55. The van der Waals surface area contributed by atoms with Gasteiger partial charge in [0.05, 0.1) is 39.2 Å². The molecule has 1 amide bonds. The number of halogens is 2. The molecule has 0 aromatic heterocycles. The molecule has 0 aliphatic heterocycles. The maximum Gasteiger partial charge on any atom is 0.255 e. The molecule has 2 aromatic carbocycles. The number of carbonyl (C=O) groups excluding carboxylic acids is 3. The van der Waals surface area contributed by atoms with Gasteiger partial charge in [0.15, 0.2) is 11.4 Å². The zero-order valence-corrected chi connectivity index (χ0v) is 22.6. The van der Waals surface area contributed by atoms with E-state index in [0.29, 0.717) is 5.56 Å². The highest BCUT2D eigenvalue weighted by Crippen LogP contribution is 2.56. The fourth-order valence-electron chi connectivity index (χ4n) is 6.09. The SMILES string of the molecule is CN(C)[C@@H]1C(=O)C(C(N)=O)=C(O)[C@@]2(O)C(=O)C3=C(O)c4c(O)cccc4/C(=C\c4ccc(Cl)c(Cl)c4)[C@H]3[C@H](O)[C@@H]12. The first-order chi connectivity index (χ1) is 18.7. The number of fused-ring (bicyclic) bond motifs is 3. The zero-order chi connectivity index (χ0) is 29.4. The fourth-order valence-corrected chi connectivity index (χ4v) is 6.40. The van der Waals surface area contributed by atoms with E-state index < -0.39 is 75.5 Å². The number of hydrogen-bond donors (Lipinski definition) is 6. The summed E-state index contributed by atoms with van der Waals surface area (Å²) in [4.78, 5) is 40.9. The van der Waals surface area contributed by atoms with E-state index in [4.69, 9.17) is 28.9 Å². The summed E-state index contributed by atoms with van der Waals surface area (Å²) in [6.45, 7) is 0. The first kappa shape index (κ1) is 27.9. The minimum Gasteiger partial charge on any atom is -0.508 e. The number of nitrogens with two attached hydrogens (primary N) is 1. The summed E-state index contributed by atoms with van der Waals surface area (Å²) in [6.07, 6.45) is -0.213. The van der Waals surface area contributed by atoms with Crippen molar-refractivity contribution in [1.29, 1.82) is 0 Å². The number of hydrogen-bond acceptors (Lipinski definition) is 9. The van der Waals surface area contributed by atoms with Crippen molar-refractivity contribution >= 4 is 58.1 Å². The topological polar surface area (TPSA) is 182 Å². The minimum absolute atomic E-state index is 0.155. The van der Waals surface area contributed by atoms with Gasteiger partial charge in [0, 0.05) is 5.92 Å². The average molecular weight is 587 g/mol. The van der Waals surface area contributed by atoms with E-state index in [1.165, 1.54) is 43.3 Å². The van der Waals surface area contributed by atoms with E-state index in [9.17, 15) is 39.9 Å². The number of ketones is 2. The zero-order valence-electron chi connectivity index (χ0n) is 21.1. The molecule has 1 saturated carbocycles. The number of phenolic OH excluding ortho intramolecular Hbond substituents is 1. The molecule has 0 heterocycles. The third-order valence-electron chi connectivity index (χ3n) is 7.80. The van der Waals surface area contributed by atoms with E-state index in [1.807, 2.05) is 0 Å². The predicted octanol–water partition coefficient (Wildman–Crippen LogP) is 2.24. The summed E-state index contributed by atoms with van der Waals surface area (Å²) in [7, 11) is 2.87. The highest BCUT2D eigenvalue weighted by Gasteiger charge is 2.68. The first-order valence-electron chi connectivity index (χ1n) is 12.0. The van der Waals surface area contributed by atoms with Crippen molar-refractivity contribution in [3.8, 4) is 5.75 Å². The summed E-state index contributed by atoms with van der Waals surface area (Å²) in [5, 5.41) is 57.2. The fraction of sp³-hybridized carbons (Fsp3) is 0.250. The van der Waals surface area contributed by atoms with Gasteiger partial charge in [-0.25, -0.2) is 0 Å². The Morgan fingerprint density at radius 2 is 1.75 bits per heavy atom. The number of phenols is 1. The summed E-state index contributed by atoms with van der Waals surface area (Å²) in [5.41, 5.74) is 1.65. The molecule has 0 saturated heterocycles. The van der Waals surface area contributed by atoms with Crippen LogP contribution in [0.1, 0.15) is 16.7 Å². The third kappa shape index (κ3) is 3.71. The van der Waals surface area contributed by atoms with Crippen molar-refractivity contribution in [2.45, 2.75) is 17.7 Å². The molecule has 2 aromatic rings. The summed E-state index contributed by atoms with van der Waals surface area (Å²) >= 11 is 12.3. The molecular formula is C28H24Cl2N2O8. The lowest BCUT2D eigenvalue weighted by atomic mass is 9.55. The molecule has 12 heteroatoms. The lowest BCUT2D eigenvalue weighted by Gasteiger charge is -2.53. The molecule has 1 fully saturated rings. The molecule has 0 spiro atoms. The number of aromatic hydroxyl groups is 1. The van der Waals surface area contributed by atoms with Gasteiger partial charge in [-0.05, 0) is 49.0 Å². The average Bonchev–Trinajstić information content (AvgIpc) is 2.87. The molecule has 208 valence electrons. The monoisotopic (exact) mass is 586 g/mol. The van der Waals surface area contributed by atoms with Crippen molar-refractivity contribution in [3.05, 3.63) is 80.0 Å². The van der Waals surface area contributed by atoms with Gasteiger partial charge in [0.25, 0.3) is 5.91 Å². The largest absolute Gasteiger partial charge is 0.508 e. The van der Waals surface area contributed by atoms with Gasteiger partial charge in [0.2, 0.25) is 5.78 Å². The Morgan fingerprint density at radius 3 is 2.35 bits per heavy atom. The second kappa shape index (κ2) is 9.46. The van der Waals surface area contributed by atoms with E-state index in [2.05, 4.69) is 0 Å². The van der Waals surface area contributed by atoms with Gasteiger partial charge >= 0.3 is 0 Å². The van der Waals surface area contributed by atoms with Gasteiger partial charge in [-0.1, -0.05) is 47.5 Å². The second-order valence-corrected chi connectivity index (χ2v) is 11.0. The number of amides is 1. The van der Waals surface area contributed by atoms with Crippen LogP contribution in [-0.4, -0.2) is 79.7 Å². The van der Waals surface area contributed by atoms with E-state index in [-0.39, 0.29) is 26.7 Å². The van der Waals surface area contributed by atoms with Gasteiger partial charge in [-0.3, -0.25) is 19.3 Å². The first-order valence-corrected chi connectivity index (χ1v) is 12.8. The lowest BCUT2D eigenvalue weighted by molar-refractivity contribution is -0.166. The van der Waals surface area contributed by atoms with Crippen LogP contribution in [0.5, 0.6) is 5.75 Å². The van der Waals surface area contributed by atoms with Crippen LogP contribution in [-0.2, 0) is 14.4 Å². The van der Waals surface area contributed by atoms with Crippen LogP contribution in [0.25, 0.3) is 17.4 Å². The molecule has 3 aliphatic carbocycles. The highest BCUT2D eigenvalue weighted by atomic mass is 35.5. The number of Topliss-reactive ketones (excluding diaryl/α,β-unsaturated/α-hetero) is 2. The van der Waals surface area contributed by atoms with Crippen LogP contribution in [0.4, 0.5) is 0 Å². The van der Waals surface area contributed by atoms with Gasteiger partial charge in [-0.15, -0.1) is 0 Å². The van der Waals surface area contributed by atoms with Crippen molar-refractivity contribution < 1.29 is 39.9 Å². The third-order valence-corrected chi connectivity index (χ3v) is 8.53. The number of aliphatic hydroxyl groups is 4. The van der Waals surface area contributed by atoms with Crippen molar-refractivity contribution in [1.82, 2.24) is 4.90 Å². The van der Waals surface area contributed by atoms with Crippen LogP contribution in [0.3, 0.4) is 0 Å².